The molecule has 2 aromatic rings. The van der Waals surface area contributed by atoms with E-state index < -0.39 is 5.60 Å². The highest BCUT2D eigenvalue weighted by Crippen LogP contribution is 2.28. The minimum atomic E-state index is -0.480. The molecular formula is C20H24N2O3S. The summed E-state index contributed by atoms with van der Waals surface area (Å²) >= 11 is 1.83. The summed E-state index contributed by atoms with van der Waals surface area (Å²) in [4.78, 5) is 19.3. The molecule has 2 fully saturated rings. The van der Waals surface area contributed by atoms with Crippen molar-refractivity contribution in [1.29, 1.82) is 0 Å². The van der Waals surface area contributed by atoms with Crippen LogP contribution in [-0.2, 0) is 20.8 Å². The molecule has 1 amide bonds. The summed E-state index contributed by atoms with van der Waals surface area (Å²) in [6, 6.07) is 14.2. The molecule has 1 aromatic carbocycles. The first-order valence-electron chi connectivity index (χ1n) is 8.98. The number of carbonyl (C=O) groups excluding carboxylic acids is 1. The zero-order valence-corrected chi connectivity index (χ0v) is 15.8. The second-order valence-electron chi connectivity index (χ2n) is 7.06. The molecule has 1 atom stereocenters. The maximum absolute atomic E-state index is 12.4. The molecule has 26 heavy (non-hydrogen) atoms. The number of anilines is 1. The number of nitrogens with zero attached hydrogens (tertiary/aromatic N) is 2. The predicted octanol–water partition coefficient (Wildman–Crippen LogP) is 2.69. The summed E-state index contributed by atoms with van der Waals surface area (Å²) in [6.45, 7) is 6.50. The monoisotopic (exact) mass is 372 g/mol. The Balaban J connectivity index is 1.52. The second kappa shape index (κ2) is 7.48. The highest BCUT2D eigenvalue weighted by molar-refractivity contribution is 7.11. The van der Waals surface area contributed by atoms with Crippen LogP contribution in [0.3, 0.4) is 0 Å². The van der Waals surface area contributed by atoms with Gasteiger partial charge < -0.3 is 14.4 Å². The van der Waals surface area contributed by atoms with E-state index in [9.17, 15) is 4.79 Å². The largest absolute Gasteiger partial charge is 0.377 e. The normalized spacial score (nSPS) is 24.8. The molecule has 0 aliphatic carbocycles. The van der Waals surface area contributed by atoms with Crippen LogP contribution in [0.15, 0.2) is 42.5 Å². The topological polar surface area (TPSA) is 42.0 Å². The van der Waals surface area contributed by atoms with Gasteiger partial charge in [-0.15, -0.1) is 11.3 Å². The van der Waals surface area contributed by atoms with Gasteiger partial charge in [0.05, 0.1) is 19.8 Å². The summed E-state index contributed by atoms with van der Waals surface area (Å²) in [5, 5.41) is 0. The van der Waals surface area contributed by atoms with Gasteiger partial charge in [-0.2, -0.15) is 0 Å². The lowest BCUT2D eigenvalue weighted by Crippen LogP contribution is -2.60. The first-order chi connectivity index (χ1) is 12.6. The first-order valence-corrected chi connectivity index (χ1v) is 9.80. The van der Waals surface area contributed by atoms with Crippen molar-refractivity contribution >= 4 is 22.9 Å². The Morgan fingerprint density at radius 2 is 2.00 bits per heavy atom. The lowest BCUT2D eigenvalue weighted by molar-refractivity contribution is -0.146. The average molecular weight is 372 g/mol. The zero-order valence-electron chi connectivity index (χ0n) is 15.0. The van der Waals surface area contributed by atoms with Crippen LogP contribution in [0.25, 0.3) is 0 Å². The van der Waals surface area contributed by atoms with Gasteiger partial charge in [-0.05, 0) is 31.2 Å². The van der Waals surface area contributed by atoms with E-state index in [-0.39, 0.29) is 12.5 Å². The number of morpholine rings is 1. The van der Waals surface area contributed by atoms with E-state index in [0.717, 1.165) is 25.3 Å². The van der Waals surface area contributed by atoms with Gasteiger partial charge in [0, 0.05) is 35.1 Å². The van der Waals surface area contributed by atoms with Crippen LogP contribution in [0, 0.1) is 6.92 Å². The standard InChI is InChI=1S/C20H24N2O3S/c1-16-7-8-18(26-16)11-21-9-10-24-15-20(13-21)14-22(19(23)12-25-20)17-5-3-2-4-6-17/h2-8H,9-15H2,1H3/t20-/m1/s1. The average Bonchev–Trinajstić information content (AvgIpc) is 2.95. The molecule has 0 radical (unpaired) electrons. The number of amides is 1. The van der Waals surface area contributed by atoms with Gasteiger partial charge in [0.1, 0.15) is 12.2 Å². The molecule has 0 unspecified atom stereocenters. The SMILES string of the molecule is Cc1ccc(CN2CCOC[C@@]3(C2)CN(c2ccccc2)C(=O)CO3)s1. The van der Waals surface area contributed by atoms with E-state index in [2.05, 4.69) is 24.0 Å². The van der Waals surface area contributed by atoms with E-state index in [1.54, 1.807) is 0 Å². The fourth-order valence-electron chi connectivity index (χ4n) is 3.65. The summed E-state index contributed by atoms with van der Waals surface area (Å²) in [6.07, 6.45) is 0. The summed E-state index contributed by atoms with van der Waals surface area (Å²) in [7, 11) is 0. The third-order valence-corrected chi connectivity index (χ3v) is 5.91. The van der Waals surface area contributed by atoms with Crippen molar-refractivity contribution in [2.24, 2.45) is 0 Å². The van der Waals surface area contributed by atoms with Crippen LogP contribution in [-0.4, -0.2) is 55.9 Å². The summed E-state index contributed by atoms with van der Waals surface area (Å²) < 4.78 is 11.9. The Hall–Kier alpha value is -1.73. The van der Waals surface area contributed by atoms with Crippen LogP contribution >= 0.6 is 11.3 Å². The minimum absolute atomic E-state index is 0.00602. The van der Waals surface area contributed by atoms with Gasteiger partial charge in [-0.3, -0.25) is 9.69 Å². The number of carbonyl (C=O) groups is 1. The molecule has 2 aliphatic heterocycles. The van der Waals surface area contributed by atoms with Crippen LogP contribution < -0.4 is 4.90 Å². The second-order valence-corrected chi connectivity index (χ2v) is 8.44. The third kappa shape index (κ3) is 3.83. The molecule has 1 aromatic heterocycles. The Morgan fingerprint density at radius 1 is 1.15 bits per heavy atom. The van der Waals surface area contributed by atoms with Crippen molar-refractivity contribution in [2.75, 3.05) is 44.4 Å². The van der Waals surface area contributed by atoms with E-state index in [0.29, 0.717) is 19.8 Å². The highest BCUT2D eigenvalue weighted by atomic mass is 32.1. The number of hydrogen-bond donors (Lipinski definition) is 0. The van der Waals surface area contributed by atoms with Crippen molar-refractivity contribution in [3.63, 3.8) is 0 Å². The predicted molar refractivity (Wildman–Crippen MR) is 103 cm³/mol. The molecule has 3 heterocycles. The Bertz CT molecular complexity index is 763. The Kier molecular flexibility index (Phi) is 5.09. The van der Waals surface area contributed by atoms with Gasteiger partial charge in [0.25, 0.3) is 5.91 Å². The molecule has 0 saturated carbocycles. The minimum Gasteiger partial charge on any atom is -0.377 e. The van der Waals surface area contributed by atoms with Crippen LogP contribution in [0.5, 0.6) is 0 Å². The molecule has 0 bridgehead atoms. The van der Waals surface area contributed by atoms with Crippen LogP contribution in [0.1, 0.15) is 9.75 Å². The van der Waals surface area contributed by atoms with Gasteiger partial charge in [-0.1, -0.05) is 18.2 Å². The number of para-hydroxylation sites is 1. The molecule has 138 valence electrons. The van der Waals surface area contributed by atoms with E-state index in [4.69, 9.17) is 9.47 Å². The lowest BCUT2D eigenvalue weighted by Gasteiger charge is -2.43. The molecule has 0 N–H and O–H groups in total. The van der Waals surface area contributed by atoms with E-state index >= 15 is 0 Å². The third-order valence-electron chi connectivity index (χ3n) is 4.92. The number of aryl methyl sites for hydroxylation is 1. The maximum Gasteiger partial charge on any atom is 0.253 e. The molecule has 2 saturated heterocycles. The fourth-order valence-corrected chi connectivity index (χ4v) is 4.58. The van der Waals surface area contributed by atoms with Crippen molar-refractivity contribution in [1.82, 2.24) is 4.90 Å². The zero-order chi connectivity index (χ0) is 18.0. The number of hydrogen-bond acceptors (Lipinski definition) is 5. The fraction of sp³-hybridized carbons (Fsp3) is 0.450. The van der Waals surface area contributed by atoms with Gasteiger partial charge >= 0.3 is 0 Å². The van der Waals surface area contributed by atoms with Gasteiger partial charge in [0.2, 0.25) is 0 Å². The smallest absolute Gasteiger partial charge is 0.253 e. The lowest BCUT2D eigenvalue weighted by atomic mass is 10.0. The molecular weight excluding hydrogens is 348 g/mol. The van der Waals surface area contributed by atoms with Crippen molar-refractivity contribution in [2.45, 2.75) is 19.1 Å². The highest BCUT2D eigenvalue weighted by Gasteiger charge is 2.43. The number of thiophene rings is 1. The van der Waals surface area contributed by atoms with Crippen LogP contribution in [0.4, 0.5) is 5.69 Å². The summed E-state index contributed by atoms with van der Waals surface area (Å²) in [5.74, 6) is 0.00602. The van der Waals surface area contributed by atoms with E-state index in [1.165, 1.54) is 9.75 Å². The summed E-state index contributed by atoms with van der Waals surface area (Å²) in [5.41, 5.74) is 0.442. The molecule has 5 nitrogen and oxygen atoms in total. The molecule has 6 heteroatoms. The van der Waals surface area contributed by atoms with Crippen molar-refractivity contribution < 1.29 is 14.3 Å². The molecule has 4 rings (SSSR count). The van der Waals surface area contributed by atoms with Gasteiger partial charge in [0.15, 0.2) is 0 Å². The van der Waals surface area contributed by atoms with Crippen molar-refractivity contribution in [3.05, 3.63) is 52.2 Å². The molecule has 2 aliphatic rings. The van der Waals surface area contributed by atoms with E-state index in [1.807, 2.05) is 46.6 Å². The Labute approximate surface area is 158 Å². The number of rotatable bonds is 3. The van der Waals surface area contributed by atoms with Crippen LogP contribution in [0.2, 0.25) is 0 Å². The van der Waals surface area contributed by atoms with Crippen molar-refractivity contribution in [3.8, 4) is 0 Å². The molecule has 1 spiro atoms. The van der Waals surface area contributed by atoms with Gasteiger partial charge in [-0.25, -0.2) is 0 Å². The quantitative estimate of drug-likeness (QED) is 0.831. The Morgan fingerprint density at radius 3 is 2.77 bits per heavy atom. The first kappa shape index (κ1) is 17.7. The number of ether oxygens (including phenoxy) is 2. The number of benzene rings is 1. The maximum atomic E-state index is 12.4.